The summed E-state index contributed by atoms with van der Waals surface area (Å²) in [5.41, 5.74) is -1.30. The number of nitrogens with zero attached hydrogens (tertiary/aromatic N) is 2. The number of rotatable bonds is 7. The van der Waals surface area contributed by atoms with E-state index in [9.17, 15) is 14.4 Å². The Morgan fingerprint density at radius 1 is 1.00 bits per heavy atom. The molecule has 5 atom stereocenters. The van der Waals surface area contributed by atoms with Gasteiger partial charge >= 0.3 is 5.97 Å². The van der Waals surface area contributed by atoms with Crippen LogP contribution in [0.1, 0.15) is 31.7 Å². The quantitative estimate of drug-likeness (QED) is 0.363. The van der Waals surface area contributed by atoms with Crippen molar-refractivity contribution < 1.29 is 29.0 Å². The maximum absolute atomic E-state index is 14.1. The molecule has 2 saturated heterocycles. The number of hydrogen-bond donors (Lipinski definition) is 1. The summed E-state index contributed by atoms with van der Waals surface area (Å²) in [6.07, 6.45) is 9.28. The largest absolute Gasteiger partial charge is 0.461 e. The average Bonchev–Trinajstić information content (AvgIpc) is 3.10. The van der Waals surface area contributed by atoms with Gasteiger partial charge in [-0.1, -0.05) is 48.6 Å². The van der Waals surface area contributed by atoms with Gasteiger partial charge in [0.15, 0.2) is 0 Å². The molecular weight excluding hydrogens is 448 g/mol. The third kappa shape index (κ3) is 3.89. The van der Waals surface area contributed by atoms with Gasteiger partial charge in [0, 0.05) is 26.2 Å². The molecule has 0 radical (unpaired) electrons. The average molecular weight is 481 g/mol. The molecule has 1 spiro atoms. The molecule has 1 aromatic carbocycles. The Bertz CT molecular complexity index is 1060. The molecule has 4 aliphatic rings. The molecule has 4 aliphatic heterocycles. The van der Waals surface area contributed by atoms with Crippen molar-refractivity contribution in [3.63, 3.8) is 0 Å². The Labute approximate surface area is 205 Å². The molecule has 2 fully saturated rings. The molecular formula is C27H32N2O6. The van der Waals surface area contributed by atoms with Gasteiger partial charge in [-0.2, -0.15) is 0 Å². The number of carbonyl (C=O) groups excluding carboxylic acids is 3. The summed E-state index contributed by atoms with van der Waals surface area (Å²) in [6, 6.07) is 8.87. The summed E-state index contributed by atoms with van der Waals surface area (Å²) >= 11 is 0. The van der Waals surface area contributed by atoms with Crippen LogP contribution in [-0.2, 0) is 30.4 Å². The van der Waals surface area contributed by atoms with Gasteiger partial charge < -0.3 is 24.4 Å². The summed E-state index contributed by atoms with van der Waals surface area (Å²) < 4.78 is 12.1. The first-order valence-corrected chi connectivity index (χ1v) is 12.4. The predicted molar refractivity (Wildman–Crippen MR) is 127 cm³/mol. The lowest BCUT2D eigenvalue weighted by molar-refractivity contribution is -0.158. The zero-order valence-electron chi connectivity index (χ0n) is 20.0. The molecule has 8 heteroatoms. The van der Waals surface area contributed by atoms with Crippen LogP contribution < -0.4 is 0 Å². The van der Waals surface area contributed by atoms with Gasteiger partial charge in [0.05, 0.1) is 11.5 Å². The summed E-state index contributed by atoms with van der Waals surface area (Å²) in [5, 5.41) is 9.17. The molecule has 0 bridgehead atoms. The van der Waals surface area contributed by atoms with Crippen molar-refractivity contribution in [2.75, 3.05) is 26.3 Å². The van der Waals surface area contributed by atoms with E-state index in [0.29, 0.717) is 32.5 Å². The number of aliphatic hydroxyl groups is 1. The van der Waals surface area contributed by atoms with E-state index in [1.807, 2.05) is 42.5 Å². The Balaban J connectivity index is 1.54. The zero-order valence-corrected chi connectivity index (χ0v) is 20.0. The highest BCUT2D eigenvalue weighted by Crippen LogP contribution is 2.57. The maximum atomic E-state index is 14.1. The van der Waals surface area contributed by atoms with E-state index in [0.717, 1.165) is 12.0 Å². The fraction of sp³-hybridized carbons (Fsp3) is 0.519. The number of benzene rings is 1. The molecule has 0 aliphatic carbocycles. The number of cyclic esters (lactones) is 1. The monoisotopic (exact) mass is 480 g/mol. The van der Waals surface area contributed by atoms with Crippen LogP contribution in [0.5, 0.6) is 0 Å². The highest BCUT2D eigenvalue weighted by atomic mass is 16.6. The Morgan fingerprint density at radius 3 is 2.57 bits per heavy atom. The van der Waals surface area contributed by atoms with Crippen LogP contribution in [0.4, 0.5) is 0 Å². The zero-order chi connectivity index (χ0) is 24.6. The van der Waals surface area contributed by atoms with E-state index < -0.39 is 35.0 Å². The first kappa shape index (κ1) is 23.8. The molecule has 186 valence electrons. The van der Waals surface area contributed by atoms with Crippen molar-refractivity contribution in [1.29, 1.82) is 0 Å². The van der Waals surface area contributed by atoms with E-state index >= 15 is 0 Å². The van der Waals surface area contributed by atoms with Crippen molar-refractivity contribution in [3.8, 4) is 0 Å². The van der Waals surface area contributed by atoms with Crippen molar-refractivity contribution in [2.45, 2.75) is 50.0 Å². The van der Waals surface area contributed by atoms with E-state index in [1.165, 1.54) is 0 Å². The molecule has 0 saturated carbocycles. The Hall–Kier alpha value is -2.97. The van der Waals surface area contributed by atoms with Crippen molar-refractivity contribution >= 4 is 17.8 Å². The van der Waals surface area contributed by atoms with Crippen LogP contribution in [0, 0.1) is 11.8 Å². The van der Waals surface area contributed by atoms with Crippen molar-refractivity contribution in [1.82, 2.24) is 9.80 Å². The molecule has 2 amide bonds. The van der Waals surface area contributed by atoms with Gasteiger partial charge in [0.1, 0.15) is 24.2 Å². The second kappa shape index (κ2) is 9.24. The van der Waals surface area contributed by atoms with Crippen LogP contribution in [0.2, 0.25) is 0 Å². The number of ether oxygens (including phenoxy) is 2. The van der Waals surface area contributed by atoms with E-state index in [4.69, 9.17) is 14.6 Å². The molecule has 0 aromatic heterocycles. The van der Waals surface area contributed by atoms with Gasteiger partial charge in [0.25, 0.3) is 0 Å². The smallest absolute Gasteiger partial charge is 0.313 e. The third-order valence-electron chi connectivity index (χ3n) is 7.67. The number of likely N-dealkylation sites (tertiary alicyclic amines) is 1. The molecule has 8 nitrogen and oxygen atoms in total. The number of aliphatic hydroxyl groups excluding tert-OH is 1. The third-order valence-corrected chi connectivity index (χ3v) is 7.67. The summed E-state index contributed by atoms with van der Waals surface area (Å²) in [5.74, 6) is -2.59. The van der Waals surface area contributed by atoms with E-state index in [-0.39, 0.29) is 25.0 Å². The fourth-order valence-corrected chi connectivity index (χ4v) is 6.16. The summed E-state index contributed by atoms with van der Waals surface area (Å²) in [4.78, 5) is 44.5. The predicted octanol–water partition coefficient (Wildman–Crippen LogP) is 1.83. The van der Waals surface area contributed by atoms with Crippen LogP contribution in [-0.4, -0.2) is 76.2 Å². The van der Waals surface area contributed by atoms with Gasteiger partial charge in [0.2, 0.25) is 11.8 Å². The maximum Gasteiger partial charge on any atom is 0.313 e. The normalized spacial score (nSPS) is 33.8. The molecule has 5 rings (SSSR count). The first-order valence-electron chi connectivity index (χ1n) is 12.4. The number of fused-ring (bicyclic) bond motifs is 2. The van der Waals surface area contributed by atoms with Crippen molar-refractivity contribution in [3.05, 3.63) is 60.2 Å². The second-order valence-electron chi connectivity index (χ2n) is 9.95. The highest BCUT2D eigenvalue weighted by Gasteiger charge is 2.74. The topological polar surface area (TPSA) is 96.4 Å². The number of carbonyl (C=O) groups is 3. The highest BCUT2D eigenvalue weighted by molar-refractivity contribution is 5.99. The van der Waals surface area contributed by atoms with Crippen LogP contribution in [0.15, 0.2) is 54.6 Å². The summed E-state index contributed by atoms with van der Waals surface area (Å²) in [6.45, 7) is 3.17. The number of hydrogen-bond acceptors (Lipinski definition) is 6. The number of amides is 2. The number of unbranched alkanes of at least 4 members (excludes halogenated alkanes) is 2. The van der Waals surface area contributed by atoms with E-state index in [2.05, 4.69) is 0 Å². The van der Waals surface area contributed by atoms with Crippen LogP contribution in [0.25, 0.3) is 0 Å². The standard InChI is InChI=1S/C27H32N2O6/c1-26-12-9-17-34-25(33)21(26)20-23(31)29(15-6-3-7-16-30)22-24(32)28(14-8-13-27(20,22)35-26)18-19-10-4-2-5-11-19/h2,4-5,8-13,20-22,30H,3,6-7,14-18H2,1H3/t20-,21-,22?,26+,27-/m0/s1. The number of esters is 1. The lowest BCUT2D eigenvalue weighted by Crippen LogP contribution is -2.55. The lowest BCUT2D eigenvalue weighted by atomic mass is 9.75. The minimum Gasteiger partial charge on any atom is -0.461 e. The minimum atomic E-state index is -1.25. The van der Waals surface area contributed by atoms with Crippen LogP contribution in [0.3, 0.4) is 0 Å². The lowest BCUT2D eigenvalue weighted by Gasteiger charge is -2.37. The van der Waals surface area contributed by atoms with Gasteiger partial charge in [-0.05, 0) is 37.8 Å². The minimum absolute atomic E-state index is 0.0815. The summed E-state index contributed by atoms with van der Waals surface area (Å²) in [7, 11) is 0. The fourth-order valence-electron chi connectivity index (χ4n) is 6.16. The SMILES string of the molecule is C[C@@]12C=CCOC(=O)[C@@H]1[C@H]1C(=O)N(CCCCCO)C3C(=O)N(Cc4ccccc4)CC=C[C@@]31O2. The molecule has 4 heterocycles. The molecule has 35 heavy (non-hydrogen) atoms. The first-order chi connectivity index (χ1) is 16.9. The molecule has 1 N–H and O–H groups in total. The second-order valence-corrected chi connectivity index (χ2v) is 9.95. The van der Waals surface area contributed by atoms with Gasteiger partial charge in [-0.15, -0.1) is 0 Å². The molecule has 1 aromatic rings. The van der Waals surface area contributed by atoms with Crippen LogP contribution >= 0.6 is 0 Å². The van der Waals surface area contributed by atoms with Gasteiger partial charge in [-0.25, -0.2) is 0 Å². The van der Waals surface area contributed by atoms with Crippen molar-refractivity contribution in [2.24, 2.45) is 11.8 Å². The Morgan fingerprint density at radius 2 is 1.80 bits per heavy atom. The van der Waals surface area contributed by atoms with E-state index in [1.54, 1.807) is 28.9 Å². The van der Waals surface area contributed by atoms with Gasteiger partial charge in [-0.3, -0.25) is 14.4 Å². The molecule has 1 unspecified atom stereocenters. The Kier molecular flexibility index (Phi) is 6.27.